The number of nitrogens with two attached hydrogens (primary N) is 1. The van der Waals surface area contributed by atoms with Crippen LogP contribution in [0.1, 0.15) is 35.5 Å². The Hall–Kier alpha value is -2.90. The van der Waals surface area contributed by atoms with Crippen LogP contribution in [0.5, 0.6) is 0 Å². The summed E-state index contributed by atoms with van der Waals surface area (Å²) in [5, 5.41) is 2.73. The third-order valence-corrected chi connectivity index (χ3v) is 5.35. The molecular formula is C21H20ClN3O3S. The molecule has 0 fully saturated rings. The molecule has 0 aliphatic rings. The van der Waals surface area contributed by atoms with Crippen LogP contribution in [-0.4, -0.2) is 16.9 Å². The predicted octanol–water partition coefficient (Wildman–Crippen LogP) is 4.98. The molecule has 150 valence electrons. The SMILES string of the molecule is CCc1ccccc1N(C(C)=O)c1nc(COC(=O)c2ccc(Cl)cc2N)cs1. The van der Waals surface area contributed by atoms with E-state index < -0.39 is 5.97 Å². The van der Waals surface area contributed by atoms with E-state index in [1.807, 2.05) is 31.2 Å². The van der Waals surface area contributed by atoms with Gasteiger partial charge in [0.15, 0.2) is 5.13 Å². The van der Waals surface area contributed by atoms with Gasteiger partial charge in [-0.05, 0) is 36.2 Å². The largest absolute Gasteiger partial charge is 0.455 e. The number of carbonyl (C=O) groups excluding carboxylic acids is 2. The molecule has 0 radical (unpaired) electrons. The first kappa shape index (κ1) is 20.8. The number of hydrogen-bond donors (Lipinski definition) is 1. The first-order chi connectivity index (χ1) is 13.9. The molecule has 0 atom stereocenters. The highest BCUT2D eigenvalue weighted by molar-refractivity contribution is 7.14. The number of halogens is 1. The molecule has 0 saturated carbocycles. The Balaban J connectivity index is 1.77. The fourth-order valence-electron chi connectivity index (χ4n) is 2.84. The van der Waals surface area contributed by atoms with E-state index in [9.17, 15) is 9.59 Å². The first-order valence-corrected chi connectivity index (χ1v) is 10.2. The highest BCUT2D eigenvalue weighted by Gasteiger charge is 2.20. The lowest BCUT2D eigenvalue weighted by Gasteiger charge is -2.20. The Kier molecular flexibility index (Phi) is 6.51. The number of hydrogen-bond acceptors (Lipinski definition) is 6. The molecule has 0 aliphatic carbocycles. The summed E-state index contributed by atoms with van der Waals surface area (Å²) in [6.45, 7) is 3.50. The van der Waals surface area contributed by atoms with Gasteiger partial charge in [-0.1, -0.05) is 36.7 Å². The van der Waals surface area contributed by atoms with Gasteiger partial charge >= 0.3 is 5.97 Å². The molecule has 1 heterocycles. The van der Waals surface area contributed by atoms with Gasteiger partial charge in [-0.2, -0.15) is 0 Å². The standard InChI is InChI=1S/C21H20ClN3O3S/c1-3-14-6-4-5-7-19(14)25(13(2)26)21-24-16(12-29-21)11-28-20(27)17-9-8-15(22)10-18(17)23/h4-10,12H,3,11,23H2,1-2H3. The number of nitrogens with zero attached hydrogens (tertiary/aromatic N) is 2. The van der Waals surface area contributed by atoms with Gasteiger partial charge < -0.3 is 10.5 Å². The van der Waals surface area contributed by atoms with Gasteiger partial charge in [0.2, 0.25) is 5.91 Å². The molecule has 0 spiro atoms. The molecule has 2 aromatic carbocycles. The van der Waals surface area contributed by atoms with Gasteiger partial charge in [-0.3, -0.25) is 9.69 Å². The van der Waals surface area contributed by atoms with Crippen LogP contribution in [0, 0.1) is 0 Å². The Morgan fingerprint density at radius 2 is 2.00 bits per heavy atom. The van der Waals surface area contributed by atoms with E-state index in [1.54, 1.807) is 16.3 Å². The quantitative estimate of drug-likeness (QED) is 0.441. The maximum absolute atomic E-state index is 12.3. The average molecular weight is 430 g/mol. The third kappa shape index (κ3) is 4.75. The molecule has 6 nitrogen and oxygen atoms in total. The maximum atomic E-state index is 12.3. The van der Waals surface area contributed by atoms with Crippen molar-refractivity contribution in [3.8, 4) is 0 Å². The molecule has 0 bridgehead atoms. The van der Waals surface area contributed by atoms with E-state index in [0.717, 1.165) is 17.7 Å². The normalized spacial score (nSPS) is 10.6. The summed E-state index contributed by atoms with van der Waals surface area (Å²) in [4.78, 5) is 30.6. The Morgan fingerprint density at radius 1 is 1.24 bits per heavy atom. The van der Waals surface area contributed by atoms with Gasteiger partial charge in [-0.15, -0.1) is 11.3 Å². The first-order valence-electron chi connectivity index (χ1n) is 8.95. The van der Waals surface area contributed by atoms with Crippen LogP contribution in [0.15, 0.2) is 47.8 Å². The van der Waals surface area contributed by atoms with Crippen molar-refractivity contribution in [1.82, 2.24) is 4.98 Å². The topological polar surface area (TPSA) is 85.5 Å². The van der Waals surface area contributed by atoms with Gasteiger partial charge in [0.05, 0.1) is 16.9 Å². The highest BCUT2D eigenvalue weighted by Crippen LogP contribution is 2.32. The van der Waals surface area contributed by atoms with E-state index in [0.29, 0.717) is 15.8 Å². The minimum absolute atomic E-state index is 0.0292. The van der Waals surface area contributed by atoms with Crippen molar-refractivity contribution in [1.29, 1.82) is 0 Å². The molecule has 3 rings (SSSR count). The second kappa shape index (κ2) is 9.07. The summed E-state index contributed by atoms with van der Waals surface area (Å²) in [5.41, 5.74) is 8.70. The number of aryl methyl sites for hydroxylation is 1. The Morgan fingerprint density at radius 3 is 2.69 bits per heavy atom. The van der Waals surface area contributed by atoms with Crippen LogP contribution in [0.3, 0.4) is 0 Å². The molecule has 0 saturated heterocycles. The number of aromatic nitrogens is 1. The summed E-state index contributed by atoms with van der Waals surface area (Å²) in [5.74, 6) is -0.703. The summed E-state index contributed by atoms with van der Waals surface area (Å²) < 4.78 is 5.32. The molecular weight excluding hydrogens is 410 g/mol. The lowest BCUT2D eigenvalue weighted by atomic mass is 10.1. The van der Waals surface area contributed by atoms with Gasteiger partial charge in [0, 0.05) is 23.0 Å². The van der Waals surface area contributed by atoms with Crippen molar-refractivity contribution in [2.75, 3.05) is 10.6 Å². The third-order valence-electron chi connectivity index (χ3n) is 4.24. The van der Waals surface area contributed by atoms with E-state index in [4.69, 9.17) is 22.1 Å². The van der Waals surface area contributed by atoms with E-state index in [1.165, 1.54) is 30.4 Å². The van der Waals surface area contributed by atoms with Gasteiger partial charge in [0.25, 0.3) is 0 Å². The minimum atomic E-state index is -0.562. The van der Waals surface area contributed by atoms with E-state index >= 15 is 0 Å². The van der Waals surface area contributed by atoms with Crippen LogP contribution in [0.2, 0.25) is 5.02 Å². The predicted molar refractivity (Wildman–Crippen MR) is 116 cm³/mol. The summed E-state index contributed by atoms with van der Waals surface area (Å²) in [6.07, 6.45) is 0.790. The number of amides is 1. The number of rotatable bonds is 6. The number of esters is 1. The maximum Gasteiger partial charge on any atom is 0.340 e. The molecule has 0 aliphatic heterocycles. The van der Waals surface area contributed by atoms with Crippen molar-refractivity contribution in [2.45, 2.75) is 26.9 Å². The van der Waals surface area contributed by atoms with E-state index in [-0.39, 0.29) is 23.8 Å². The number of carbonyl (C=O) groups is 2. The molecule has 29 heavy (non-hydrogen) atoms. The van der Waals surface area contributed by atoms with Crippen LogP contribution in [0.25, 0.3) is 0 Å². The highest BCUT2D eigenvalue weighted by atomic mass is 35.5. The molecule has 2 N–H and O–H groups in total. The number of ether oxygens (including phenoxy) is 1. The van der Waals surface area contributed by atoms with Gasteiger partial charge in [-0.25, -0.2) is 9.78 Å². The van der Waals surface area contributed by atoms with E-state index in [2.05, 4.69) is 4.98 Å². The number of thiazole rings is 1. The molecule has 1 aromatic heterocycles. The van der Waals surface area contributed by atoms with Crippen LogP contribution >= 0.6 is 22.9 Å². The Labute approximate surface area is 177 Å². The molecule has 3 aromatic rings. The lowest BCUT2D eigenvalue weighted by molar-refractivity contribution is -0.115. The van der Waals surface area contributed by atoms with Crippen LogP contribution in [0.4, 0.5) is 16.5 Å². The molecule has 1 amide bonds. The minimum Gasteiger partial charge on any atom is -0.455 e. The molecule has 8 heteroatoms. The van der Waals surface area contributed by atoms with Crippen molar-refractivity contribution in [3.05, 3.63) is 69.7 Å². The fourth-order valence-corrected chi connectivity index (χ4v) is 3.88. The van der Waals surface area contributed by atoms with Crippen molar-refractivity contribution < 1.29 is 14.3 Å². The van der Waals surface area contributed by atoms with Gasteiger partial charge in [0.1, 0.15) is 6.61 Å². The number of para-hydroxylation sites is 1. The number of benzene rings is 2. The summed E-state index contributed by atoms with van der Waals surface area (Å²) in [7, 11) is 0. The average Bonchev–Trinajstić information content (AvgIpc) is 3.15. The van der Waals surface area contributed by atoms with Crippen molar-refractivity contribution in [3.63, 3.8) is 0 Å². The number of nitrogen functional groups attached to an aromatic ring is 1. The number of anilines is 3. The van der Waals surface area contributed by atoms with Crippen molar-refractivity contribution in [2.24, 2.45) is 0 Å². The smallest absolute Gasteiger partial charge is 0.340 e. The molecule has 0 unspecified atom stereocenters. The van der Waals surface area contributed by atoms with Crippen LogP contribution < -0.4 is 10.6 Å². The second-order valence-electron chi connectivity index (χ2n) is 6.27. The second-order valence-corrected chi connectivity index (χ2v) is 7.54. The zero-order chi connectivity index (χ0) is 21.0. The zero-order valence-corrected chi connectivity index (χ0v) is 17.6. The van der Waals surface area contributed by atoms with Crippen LogP contribution in [-0.2, 0) is 22.6 Å². The summed E-state index contributed by atoms with van der Waals surface area (Å²) in [6, 6.07) is 12.3. The monoisotopic (exact) mass is 429 g/mol. The zero-order valence-electron chi connectivity index (χ0n) is 16.0. The van der Waals surface area contributed by atoms with Crippen molar-refractivity contribution >= 4 is 51.3 Å². The fraction of sp³-hybridized carbons (Fsp3) is 0.190. The lowest BCUT2D eigenvalue weighted by Crippen LogP contribution is -2.23. The Bertz CT molecular complexity index is 1050. The summed E-state index contributed by atoms with van der Waals surface area (Å²) >= 11 is 7.16.